The third-order valence-corrected chi connectivity index (χ3v) is 13.5. The maximum absolute atomic E-state index is 13.4. The van der Waals surface area contributed by atoms with Gasteiger partial charge in [-0.05, 0) is 110 Å². The van der Waals surface area contributed by atoms with Gasteiger partial charge in [0.2, 0.25) is 0 Å². The zero-order valence-electron chi connectivity index (χ0n) is 39.1. The molecule has 0 unspecified atom stereocenters. The number of nitrogens with one attached hydrogen (secondary N) is 1. The van der Waals surface area contributed by atoms with Gasteiger partial charge >= 0.3 is 0 Å². The number of hydrogen-bond donors (Lipinski definition) is 1. The number of likely N-dealkylation sites (tertiary alicyclic amines) is 2. The van der Waals surface area contributed by atoms with Crippen molar-refractivity contribution in [1.82, 2.24) is 29.2 Å². The summed E-state index contributed by atoms with van der Waals surface area (Å²) in [5.74, 6) is -2.67. The van der Waals surface area contributed by atoms with Crippen LogP contribution in [-0.4, -0.2) is 126 Å². The Balaban J connectivity index is 0.000000227. The number of piperidine rings is 2. The van der Waals surface area contributed by atoms with Crippen molar-refractivity contribution in [2.45, 2.75) is 45.3 Å². The van der Waals surface area contributed by atoms with E-state index in [1.165, 1.54) is 75.6 Å². The molecule has 6 aromatic rings. The first kappa shape index (κ1) is 50.5. The number of fused-ring (bicyclic) bond motifs is 2. The zero-order chi connectivity index (χ0) is 49.7. The molecule has 69 heavy (non-hydrogen) atoms. The van der Waals surface area contributed by atoms with Crippen LogP contribution in [0, 0.1) is 23.5 Å². The van der Waals surface area contributed by atoms with Crippen LogP contribution in [0.5, 0.6) is 0 Å². The molecule has 0 aliphatic carbocycles. The Morgan fingerprint density at radius 3 is 1.52 bits per heavy atom. The Bertz CT molecular complexity index is 2910. The number of rotatable bonds is 12. The molecule has 4 amide bonds. The molecule has 2 fully saturated rings. The number of likely N-dealkylation sites (N-methyl/N-ethyl adjacent to an activating group) is 2. The van der Waals surface area contributed by atoms with Crippen LogP contribution < -0.4 is 0 Å². The molecule has 17 heteroatoms. The average Bonchev–Trinajstić information content (AvgIpc) is 3.91. The number of carbonyl (C=O) groups is 6. The molecule has 13 nitrogen and oxygen atoms in total. The highest BCUT2D eigenvalue weighted by atomic mass is 35.5. The number of carbonyl (C=O) groups excluding carboxylic acids is 6. The number of aromatic nitrogens is 2. The molecule has 364 valence electrons. The van der Waals surface area contributed by atoms with E-state index in [2.05, 4.69) is 4.98 Å². The van der Waals surface area contributed by atoms with E-state index in [1.807, 2.05) is 0 Å². The molecule has 4 aromatic carbocycles. The molecule has 2 aliphatic heterocycles. The van der Waals surface area contributed by atoms with Crippen molar-refractivity contribution in [2.24, 2.45) is 11.8 Å². The van der Waals surface area contributed by atoms with Crippen molar-refractivity contribution >= 4 is 80.2 Å². The molecule has 0 bridgehead atoms. The Morgan fingerprint density at radius 2 is 1.07 bits per heavy atom. The van der Waals surface area contributed by atoms with Crippen LogP contribution >= 0.6 is 23.2 Å². The number of amides is 4. The van der Waals surface area contributed by atoms with Crippen LogP contribution in [0.4, 0.5) is 8.78 Å². The van der Waals surface area contributed by atoms with Gasteiger partial charge in [0.15, 0.2) is 0 Å². The van der Waals surface area contributed by atoms with Crippen LogP contribution in [0.25, 0.3) is 21.8 Å². The van der Waals surface area contributed by atoms with Crippen LogP contribution in [-0.2, 0) is 33.9 Å². The van der Waals surface area contributed by atoms with E-state index in [9.17, 15) is 37.5 Å². The second kappa shape index (κ2) is 21.9. The summed E-state index contributed by atoms with van der Waals surface area (Å²) in [7, 11) is 7.58. The van der Waals surface area contributed by atoms with Gasteiger partial charge in [0.1, 0.15) is 18.4 Å². The average molecular weight is 986 g/mol. The Labute approximate surface area is 410 Å². The monoisotopic (exact) mass is 984 g/mol. The van der Waals surface area contributed by atoms with E-state index in [4.69, 9.17) is 27.9 Å². The van der Waals surface area contributed by atoms with Crippen LogP contribution in [0.2, 0.25) is 10.0 Å². The lowest BCUT2D eigenvalue weighted by molar-refractivity contribution is -0.124. The molecule has 0 atom stereocenters. The summed E-state index contributed by atoms with van der Waals surface area (Å²) in [6.07, 6.45) is 8.06. The molecule has 0 spiro atoms. The molecule has 2 saturated heterocycles. The molecular formula is C52H56Cl2F2N6O7. The van der Waals surface area contributed by atoms with Gasteiger partial charge in [-0.2, -0.15) is 0 Å². The smallest absolute Gasteiger partial charge is 0.294 e. The van der Waals surface area contributed by atoms with Gasteiger partial charge in [-0.1, -0.05) is 47.5 Å². The van der Waals surface area contributed by atoms with E-state index < -0.39 is 23.4 Å². The van der Waals surface area contributed by atoms with Gasteiger partial charge in [0.25, 0.3) is 35.2 Å². The van der Waals surface area contributed by atoms with Gasteiger partial charge < -0.3 is 33.9 Å². The minimum Gasteiger partial charge on any atom is -0.364 e. The molecular weight excluding hydrogens is 930 g/mol. The van der Waals surface area contributed by atoms with Crippen molar-refractivity contribution in [1.29, 1.82) is 0 Å². The molecule has 8 rings (SSSR count). The van der Waals surface area contributed by atoms with E-state index in [0.29, 0.717) is 76.0 Å². The third-order valence-electron chi connectivity index (χ3n) is 12.8. The fourth-order valence-corrected chi connectivity index (χ4v) is 9.45. The number of ether oxygens (including phenoxy) is 1. The molecule has 2 aliphatic rings. The maximum Gasteiger partial charge on any atom is 0.294 e. The Hall–Kier alpha value is -6.42. The molecule has 2 aromatic heterocycles. The number of methoxy groups -OCH3 is 1. The maximum atomic E-state index is 13.4. The first-order valence-electron chi connectivity index (χ1n) is 22.6. The Morgan fingerprint density at radius 1 is 0.638 bits per heavy atom. The highest BCUT2D eigenvalue weighted by Crippen LogP contribution is 2.33. The van der Waals surface area contributed by atoms with Crippen LogP contribution in [0.3, 0.4) is 0 Å². The van der Waals surface area contributed by atoms with Crippen molar-refractivity contribution < 1.29 is 43.7 Å². The number of nitrogens with zero attached hydrogens (tertiary/aromatic N) is 5. The van der Waals surface area contributed by atoms with Crippen molar-refractivity contribution in [2.75, 3.05) is 61.5 Å². The SMILES string of the molecule is CN(C)C(=O)C(=O)c1c[nH]c2cc(Cl)c(C(=O)N3CCC(Cc4ccc(F)cc4)CC3)cc12.COCn1cc(C(=O)C(=O)N(C)C)c2cc(C(=O)N3CCC(Cc4ccc(F)cc4)CC3)c(Cl)cc21.[HH]. The minimum absolute atomic E-state index is 0. The molecule has 4 heterocycles. The molecule has 0 saturated carbocycles. The quantitative estimate of drug-likeness (QED) is 0.0952. The number of halogens is 4. The lowest BCUT2D eigenvalue weighted by Gasteiger charge is -2.32. The minimum atomic E-state index is -0.665. The summed E-state index contributed by atoms with van der Waals surface area (Å²) in [6.45, 7) is 2.50. The predicted octanol–water partition coefficient (Wildman–Crippen LogP) is 8.98. The van der Waals surface area contributed by atoms with Crippen molar-refractivity contribution in [3.8, 4) is 0 Å². The largest absolute Gasteiger partial charge is 0.364 e. The highest BCUT2D eigenvalue weighted by molar-refractivity contribution is 6.46. The van der Waals surface area contributed by atoms with Gasteiger partial charge in [-0.25, -0.2) is 8.78 Å². The fourth-order valence-electron chi connectivity index (χ4n) is 8.96. The summed E-state index contributed by atoms with van der Waals surface area (Å²) in [4.78, 5) is 85.6. The van der Waals surface area contributed by atoms with Gasteiger partial charge in [0.05, 0.1) is 37.8 Å². The summed E-state index contributed by atoms with van der Waals surface area (Å²) in [5.41, 5.74) is 4.38. The van der Waals surface area contributed by atoms with E-state index >= 15 is 0 Å². The standard InChI is InChI=1S/C27H29ClFN3O4.C25H25ClFN3O3.H2/c1-30(2)27(35)25(33)22-15-32(16-36-3)24-14-23(28)21(13-20(22)24)26(34)31-10-8-18(9-11-31)12-17-4-6-19(29)7-5-17;1-29(2)25(33)23(31)20-14-28-22-13-21(26)19(12-18(20)22)24(32)30-9-7-16(8-10-30)11-15-3-5-17(27)6-4-15;/h4-7,13-15,18H,8-12,16H2,1-3H3;3-6,12-14,16,28H,7-11H2,1-2H3;1H. The van der Waals surface area contributed by atoms with Gasteiger partial charge in [0, 0.05) is 91.6 Å². The number of benzene rings is 4. The highest BCUT2D eigenvalue weighted by Gasteiger charge is 2.30. The lowest BCUT2D eigenvalue weighted by Crippen LogP contribution is -2.39. The predicted molar refractivity (Wildman–Crippen MR) is 263 cm³/mol. The number of H-pyrrole nitrogens is 1. The number of hydrogen-bond acceptors (Lipinski definition) is 7. The van der Waals surface area contributed by atoms with Gasteiger partial charge in [-0.3, -0.25) is 28.8 Å². The first-order chi connectivity index (χ1) is 32.9. The lowest BCUT2D eigenvalue weighted by atomic mass is 9.90. The number of ketones is 2. The Kier molecular flexibility index (Phi) is 16.0. The second-order valence-electron chi connectivity index (χ2n) is 18.0. The fraction of sp³-hybridized carbons (Fsp3) is 0.346. The van der Waals surface area contributed by atoms with E-state index in [-0.39, 0.29) is 47.8 Å². The first-order valence-corrected chi connectivity index (χ1v) is 23.4. The zero-order valence-corrected chi connectivity index (χ0v) is 40.6. The normalized spacial score (nSPS) is 14.4. The van der Waals surface area contributed by atoms with Crippen LogP contribution in [0.1, 0.15) is 79.7 Å². The summed E-state index contributed by atoms with van der Waals surface area (Å²) >= 11 is 13.0. The summed E-state index contributed by atoms with van der Waals surface area (Å²) in [6, 6.07) is 19.5. The van der Waals surface area contributed by atoms with Crippen LogP contribution in [0.15, 0.2) is 85.2 Å². The number of Topliss-reactive ketones (excluding diaryl/α,β-unsaturated/α-hetero) is 2. The topological polar surface area (TPSA) is 145 Å². The third kappa shape index (κ3) is 11.5. The van der Waals surface area contributed by atoms with Crippen molar-refractivity contribution in [3.05, 3.63) is 140 Å². The number of aromatic amines is 1. The second-order valence-corrected chi connectivity index (χ2v) is 18.9. The molecule has 0 radical (unpaired) electrons. The van der Waals surface area contributed by atoms with E-state index in [1.54, 1.807) is 69.1 Å². The van der Waals surface area contributed by atoms with Gasteiger partial charge in [-0.15, -0.1) is 0 Å². The van der Waals surface area contributed by atoms with E-state index in [0.717, 1.165) is 49.7 Å². The molecule has 1 N–H and O–H groups in total. The summed E-state index contributed by atoms with van der Waals surface area (Å²) < 4.78 is 33.2. The summed E-state index contributed by atoms with van der Waals surface area (Å²) in [5, 5.41) is 1.54. The van der Waals surface area contributed by atoms with Crippen molar-refractivity contribution in [3.63, 3.8) is 0 Å².